The summed E-state index contributed by atoms with van der Waals surface area (Å²) in [4.78, 5) is 33.8. The first-order valence-corrected chi connectivity index (χ1v) is 13.4. The topological polar surface area (TPSA) is 122 Å². The van der Waals surface area contributed by atoms with Gasteiger partial charge in [-0.05, 0) is 74.6 Å². The van der Waals surface area contributed by atoms with Crippen molar-refractivity contribution >= 4 is 23.7 Å². The molecule has 4 aliphatic rings. The van der Waals surface area contributed by atoms with Gasteiger partial charge in [0.15, 0.2) is 0 Å². The molecular formula is C28H38N6O3. The van der Waals surface area contributed by atoms with E-state index >= 15 is 0 Å². The van der Waals surface area contributed by atoms with Gasteiger partial charge in [-0.1, -0.05) is 18.2 Å². The highest BCUT2D eigenvalue weighted by atomic mass is 16.6. The van der Waals surface area contributed by atoms with Crippen LogP contribution in [0.2, 0.25) is 0 Å². The molecule has 0 spiro atoms. The van der Waals surface area contributed by atoms with E-state index in [-0.39, 0.29) is 19.5 Å². The van der Waals surface area contributed by atoms with E-state index in [2.05, 4.69) is 10.3 Å². The van der Waals surface area contributed by atoms with Crippen LogP contribution in [0.4, 0.5) is 4.79 Å². The molecule has 0 radical (unpaired) electrons. The average Bonchev–Trinajstić information content (AvgIpc) is 3.40. The van der Waals surface area contributed by atoms with E-state index in [0.717, 1.165) is 55.2 Å². The third-order valence-electron chi connectivity index (χ3n) is 7.82. The largest absolute Gasteiger partial charge is 0.446 e. The lowest BCUT2D eigenvalue weighted by Gasteiger charge is -2.35. The lowest BCUT2D eigenvalue weighted by atomic mass is 9.87. The Labute approximate surface area is 219 Å². The summed E-state index contributed by atoms with van der Waals surface area (Å²) in [6.45, 7) is 3.62. The summed E-state index contributed by atoms with van der Waals surface area (Å²) < 4.78 is 5.68. The van der Waals surface area contributed by atoms with Gasteiger partial charge in [0.25, 0.3) is 5.91 Å². The number of carbonyl (C=O) groups excluding carboxylic acids is 2. The van der Waals surface area contributed by atoms with Gasteiger partial charge < -0.3 is 19.9 Å². The summed E-state index contributed by atoms with van der Waals surface area (Å²) in [5.41, 5.74) is 2.40. The lowest BCUT2D eigenvalue weighted by Crippen LogP contribution is -2.48. The van der Waals surface area contributed by atoms with Gasteiger partial charge in [-0.3, -0.25) is 20.6 Å². The zero-order chi connectivity index (χ0) is 26.0. The first kappa shape index (κ1) is 25.2. The summed E-state index contributed by atoms with van der Waals surface area (Å²) >= 11 is 0. The molecule has 0 aromatic carbocycles. The Morgan fingerprint density at radius 2 is 1.97 bits per heavy atom. The number of amides is 2. The molecule has 1 saturated carbocycles. The second-order valence-corrected chi connectivity index (χ2v) is 10.8. The molecule has 37 heavy (non-hydrogen) atoms. The molecule has 2 aliphatic carbocycles. The summed E-state index contributed by atoms with van der Waals surface area (Å²) in [6.07, 6.45) is 15.1. The van der Waals surface area contributed by atoms with Crippen molar-refractivity contribution in [1.82, 2.24) is 20.1 Å². The van der Waals surface area contributed by atoms with E-state index < -0.39 is 5.54 Å². The van der Waals surface area contributed by atoms with Crippen molar-refractivity contribution in [1.29, 1.82) is 10.8 Å². The van der Waals surface area contributed by atoms with E-state index in [0.29, 0.717) is 56.3 Å². The van der Waals surface area contributed by atoms with Gasteiger partial charge in [-0.15, -0.1) is 0 Å². The quantitative estimate of drug-likeness (QED) is 0.408. The molecule has 5 rings (SSSR count). The number of fused-ring (bicyclic) bond motifs is 1. The fourth-order valence-corrected chi connectivity index (χ4v) is 5.66. The van der Waals surface area contributed by atoms with E-state index in [4.69, 9.17) is 15.6 Å². The van der Waals surface area contributed by atoms with Crippen molar-refractivity contribution in [3.63, 3.8) is 0 Å². The summed E-state index contributed by atoms with van der Waals surface area (Å²) in [5, 5.41) is 20.0. The fourth-order valence-electron chi connectivity index (χ4n) is 5.66. The molecule has 1 atom stereocenters. The van der Waals surface area contributed by atoms with Crippen LogP contribution in [-0.4, -0.2) is 63.2 Å². The second kappa shape index (κ2) is 10.5. The number of nitrogens with zero attached hydrogens (tertiary/aromatic N) is 3. The van der Waals surface area contributed by atoms with E-state index in [1.165, 1.54) is 0 Å². The molecule has 3 N–H and O–H groups in total. The number of nitrogens with one attached hydrogen (secondary N) is 3. The zero-order valence-corrected chi connectivity index (χ0v) is 21.5. The summed E-state index contributed by atoms with van der Waals surface area (Å²) in [6, 6.07) is 1.78. The predicted molar refractivity (Wildman–Crippen MR) is 143 cm³/mol. The number of ether oxygens (including phenoxy) is 1. The Balaban J connectivity index is 0.00000336. The molecular weight excluding hydrogens is 468 g/mol. The molecule has 2 amide bonds. The molecule has 1 unspecified atom stereocenters. The minimum absolute atomic E-state index is 0. The van der Waals surface area contributed by atoms with Crippen LogP contribution in [0.5, 0.6) is 0 Å². The smallest absolute Gasteiger partial charge is 0.410 e. The number of piperidine rings is 1. The Bertz CT molecular complexity index is 1180. The van der Waals surface area contributed by atoms with Crippen molar-refractivity contribution in [2.75, 3.05) is 13.1 Å². The fraction of sp³-hybridized carbons (Fsp3) is 0.536. The summed E-state index contributed by atoms with van der Waals surface area (Å²) in [7, 11) is 0. The van der Waals surface area contributed by atoms with Gasteiger partial charge in [0.05, 0.1) is 5.54 Å². The highest BCUT2D eigenvalue weighted by Gasteiger charge is 2.32. The molecule has 3 heterocycles. The lowest BCUT2D eigenvalue weighted by molar-refractivity contribution is 0.0618. The Morgan fingerprint density at radius 3 is 2.76 bits per heavy atom. The van der Waals surface area contributed by atoms with Gasteiger partial charge in [0.2, 0.25) is 0 Å². The average molecular weight is 507 g/mol. The molecule has 1 aromatic rings. The number of likely N-dealkylation sites (tertiary alicyclic amines) is 1. The Hall–Kier alpha value is -3.49. The number of hydrogen-bond donors (Lipinski definition) is 3. The molecule has 1 aromatic heterocycles. The van der Waals surface area contributed by atoms with Crippen LogP contribution in [0.25, 0.3) is 0 Å². The zero-order valence-electron chi connectivity index (χ0n) is 21.5. The number of hydrogen-bond acceptors (Lipinski definition) is 6. The van der Waals surface area contributed by atoms with Crippen LogP contribution in [0.15, 0.2) is 36.1 Å². The maximum Gasteiger partial charge on any atom is 0.410 e. The third-order valence-corrected chi connectivity index (χ3v) is 7.82. The van der Waals surface area contributed by atoms with Gasteiger partial charge in [0, 0.05) is 40.1 Å². The van der Waals surface area contributed by atoms with Crippen LogP contribution >= 0.6 is 0 Å². The van der Waals surface area contributed by atoms with Gasteiger partial charge >= 0.3 is 6.09 Å². The summed E-state index contributed by atoms with van der Waals surface area (Å²) in [5.74, 6) is 0.530. The number of carbonyl (C=O) groups is 2. The number of aromatic nitrogens is 1. The van der Waals surface area contributed by atoms with Crippen LogP contribution in [0.3, 0.4) is 0 Å². The Kier molecular flexibility index (Phi) is 7.13. The van der Waals surface area contributed by atoms with Crippen LogP contribution in [0.1, 0.15) is 81.3 Å². The second-order valence-electron chi connectivity index (χ2n) is 10.8. The van der Waals surface area contributed by atoms with Crippen molar-refractivity contribution in [2.45, 2.75) is 82.9 Å². The molecule has 0 bridgehead atoms. The van der Waals surface area contributed by atoms with Crippen molar-refractivity contribution in [2.24, 2.45) is 0 Å². The van der Waals surface area contributed by atoms with Crippen molar-refractivity contribution in [3.05, 3.63) is 52.9 Å². The van der Waals surface area contributed by atoms with Crippen LogP contribution in [-0.2, 0) is 17.7 Å². The van der Waals surface area contributed by atoms with Crippen LogP contribution < -0.4 is 5.32 Å². The normalized spacial score (nSPS) is 23.9. The SMILES string of the molecule is CC1(NC(=O)c2cc3c(cn2)CCN(C(=O)OC2CCCC2)C3)C=CC=C(C(=N)N2CCCCC2=N)C1.[HH]. The molecule has 2 aliphatic heterocycles. The highest BCUT2D eigenvalue weighted by molar-refractivity contribution is 6.07. The third kappa shape index (κ3) is 5.60. The number of pyridine rings is 1. The first-order valence-electron chi connectivity index (χ1n) is 13.4. The standard InChI is InChI=1S/C28H36N6O3.H2/c1-28(12-6-7-19(16-28)25(30)34-13-5-4-10-24(34)29)32-26(35)23-15-21-18-33(14-11-20(21)17-31-23)27(36)37-22-8-2-3-9-22;/h6-7,12,15,17,22,29-30H,2-5,8-11,13-14,16,18H2,1H3,(H,32,35);1H. The Morgan fingerprint density at radius 1 is 1.16 bits per heavy atom. The van der Waals surface area contributed by atoms with Gasteiger partial charge in [0.1, 0.15) is 23.5 Å². The maximum absolute atomic E-state index is 13.2. The molecule has 1 saturated heterocycles. The molecule has 9 heteroatoms. The number of amidine groups is 2. The molecule has 2 fully saturated rings. The molecule has 9 nitrogen and oxygen atoms in total. The van der Waals surface area contributed by atoms with E-state index in [1.54, 1.807) is 22.1 Å². The minimum Gasteiger partial charge on any atom is -0.446 e. The van der Waals surface area contributed by atoms with E-state index in [1.807, 2.05) is 25.2 Å². The molecule has 198 valence electrons. The van der Waals surface area contributed by atoms with Gasteiger partial charge in [-0.2, -0.15) is 0 Å². The van der Waals surface area contributed by atoms with Crippen LogP contribution in [0, 0.1) is 10.8 Å². The first-order chi connectivity index (χ1) is 17.8. The maximum atomic E-state index is 13.2. The van der Waals surface area contributed by atoms with Gasteiger partial charge in [-0.25, -0.2) is 4.79 Å². The van der Waals surface area contributed by atoms with Crippen molar-refractivity contribution in [3.8, 4) is 0 Å². The highest BCUT2D eigenvalue weighted by Crippen LogP contribution is 2.27. The minimum atomic E-state index is -0.680. The number of rotatable bonds is 4. The van der Waals surface area contributed by atoms with E-state index in [9.17, 15) is 9.59 Å². The number of allylic oxidation sites excluding steroid dienone is 2. The van der Waals surface area contributed by atoms with Crippen molar-refractivity contribution < 1.29 is 15.8 Å². The predicted octanol–water partition coefficient (Wildman–Crippen LogP) is 4.58. The monoisotopic (exact) mass is 506 g/mol.